The second kappa shape index (κ2) is 10.7. The van der Waals surface area contributed by atoms with Crippen molar-refractivity contribution in [2.24, 2.45) is 0 Å². The van der Waals surface area contributed by atoms with E-state index in [9.17, 15) is 9.18 Å². The minimum atomic E-state index is -0.394. The summed E-state index contributed by atoms with van der Waals surface area (Å²) < 4.78 is 20.0. The summed E-state index contributed by atoms with van der Waals surface area (Å²) >= 11 is 0. The van der Waals surface area contributed by atoms with Crippen LogP contribution in [0.1, 0.15) is 22.8 Å². The van der Waals surface area contributed by atoms with Gasteiger partial charge in [-0.2, -0.15) is 0 Å². The number of amides is 1. The van der Waals surface area contributed by atoms with E-state index >= 15 is 0 Å². The van der Waals surface area contributed by atoms with Gasteiger partial charge in [-0.25, -0.2) is 14.4 Å². The highest BCUT2D eigenvalue weighted by molar-refractivity contribution is 6.00. The molecule has 0 aliphatic carbocycles. The molecule has 7 nitrogen and oxygen atoms in total. The van der Waals surface area contributed by atoms with Gasteiger partial charge in [0.05, 0.1) is 17.3 Å². The van der Waals surface area contributed by atoms with Gasteiger partial charge in [0, 0.05) is 44.5 Å². The summed E-state index contributed by atoms with van der Waals surface area (Å²) in [4.78, 5) is 26.7. The smallest absolute Gasteiger partial charge is 0.252 e. The van der Waals surface area contributed by atoms with Gasteiger partial charge in [-0.1, -0.05) is 37.3 Å². The molecule has 1 amide bonds. The highest BCUT2D eigenvalue weighted by atomic mass is 19.1. The van der Waals surface area contributed by atoms with Gasteiger partial charge < -0.3 is 19.5 Å². The first-order valence-corrected chi connectivity index (χ1v) is 12.1. The van der Waals surface area contributed by atoms with Gasteiger partial charge >= 0.3 is 0 Å². The molecule has 2 aromatic carbocycles. The Morgan fingerprint density at radius 1 is 0.944 bits per heavy atom. The molecule has 1 fully saturated rings. The second-order valence-electron chi connectivity index (χ2n) is 8.68. The van der Waals surface area contributed by atoms with Crippen LogP contribution < -0.4 is 10.2 Å². The third kappa shape index (κ3) is 5.13. The zero-order chi connectivity index (χ0) is 24.9. The van der Waals surface area contributed by atoms with Crippen molar-refractivity contribution in [2.45, 2.75) is 13.5 Å². The van der Waals surface area contributed by atoms with Crippen LogP contribution in [0.4, 0.5) is 10.2 Å². The first kappa shape index (κ1) is 23.7. The van der Waals surface area contributed by atoms with Crippen molar-refractivity contribution in [3.05, 3.63) is 90.0 Å². The zero-order valence-corrected chi connectivity index (χ0v) is 20.2. The van der Waals surface area contributed by atoms with Gasteiger partial charge in [0.1, 0.15) is 11.6 Å². The van der Waals surface area contributed by atoms with Gasteiger partial charge in [-0.3, -0.25) is 4.79 Å². The van der Waals surface area contributed by atoms with Crippen LogP contribution in [0.2, 0.25) is 0 Å². The molecule has 0 radical (unpaired) electrons. The van der Waals surface area contributed by atoms with E-state index in [1.165, 1.54) is 12.3 Å². The number of nitrogens with zero attached hydrogens (tertiary/aromatic N) is 4. The molecule has 1 aliphatic heterocycles. The molecule has 3 heterocycles. The number of rotatable bonds is 7. The van der Waals surface area contributed by atoms with Crippen LogP contribution in [0.5, 0.6) is 0 Å². The Bertz CT molecular complexity index is 1330. The fraction of sp³-hybridized carbons (Fsp3) is 0.250. The van der Waals surface area contributed by atoms with E-state index in [0.717, 1.165) is 44.1 Å². The lowest BCUT2D eigenvalue weighted by molar-refractivity contribution is 0.0951. The van der Waals surface area contributed by atoms with E-state index in [2.05, 4.69) is 32.0 Å². The summed E-state index contributed by atoms with van der Waals surface area (Å²) in [5, 5.41) is 2.96. The number of oxazole rings is 1. The fourth-order valence-corrected chi connectivity index (χ4v) is 4.33. The monoisotopic (exact) mass is 485 g/mol. The summed E-state index contributed by atoms with van der Waals surface area (Å²) in [5.74, 6) is 0.875. The number of nitrogens with one attached hydrogen (secondary N) is 1. The number of carbonyl (C=O) groups is 1. The van der Waals surface area contributed by atoms with Crippen molar-refractivity contribution in [1.29, 1.82) is 0 Å². The van der Waals surface area contributed by atoms with Crippen LogP contribution in [0.3, 0.4) is 0 Å². The van der Waals surface area contributed by atoms with Crippen LogP contribution in [0, 0.1) is 5.82 Å². The Kier molecular flexibility index (Phi) is 7.04. The normalized spacial score (nSPS) is 14.1. The molecule has 0 saturated carbocycles. The fourth-order valence-electron chi connectivity index (χ4n) is 4.33. The maximum atomic E-state index is 14.2. The summed E-state index contributed by atoms with van der Waals surface area (Å²) in [6.45, 7) is 7.62. The minimum absolute atomic E-state index is 0.254. The van der Waals surface area contributed by atoms with Crippen molar-refractivity contribution in [3.63, 3.8) is 0 Å². The molecular weight excluding hydrogens is 457 g/mol. The summed E-state index contributed by atoms with van der Waals surface area (Å²) in [7, 11) is 0. The number of carbonyl (C=O) groups excluding carboxylic acids is 1. The number of halogens is 1. The molecular formula is C28H28FN5O2. The number of benzene rings is 2. The molecule has 0 bridgehead atoms. The van der Waals surface area contributed by atoms with E-state index < -0.39 is 5.82 Å². The quantitative estimate of drug-likeness (QED) is 0.412. The summed E-state index contributed by atoms with van der Waals surface area (Å²) in [5.41, 5.74) is 2.20. The number of aromatic nitrogens is 2. The van der Waals surface area contributed by atoms with Crippen molar-refractivity contribution in [2.75, 3.05) is 37.6 Å². The van der Waals surface area contributed by atoms with Crippen molar-refractivity contribution >= 4 is 11.7 Å². The highest BCUT2D eigenvalue weighted by Crippen LogP contribution is 2.29. The lowest BCUT2D eigenvalue weighted by Gasteiger charge is -2.34. The Labute approximate surface area is 209 Å². The van der Waals surface area contributed by atoms with Gasteiger partial charge in [-0.05, 0) is 42.4 Å². The second-order valence-corrected chi connectivity index (χ2v) is 8.68. The Balaban J connectivity index is 1.25. The van der Waals surface area contributed by atoms with Crippen molar-refractivity contribution < 1.29 is 13.6 Å². The SMILES string of the molecule is CCN1CCN(c2ccc(CNC(=O)c3ccccc3-c3ncc(-c4ccccc4F)o3)cn2)CC1. The molecule has 1 N–H and O–H groups in total. The highest BCUT2D eigenvalue weighted by Gasteiger charge is 2.19. The van der Waals surface area contributed by atoms with Crippen LogP contribution in [0.15, 0.2) is 77.5 Å². The van der Waals surface area contributed by atoms with Crippen LogP contribution in [-0.4, -0.2) is 53.5 Å². The first-order chi connectivity index (χ1) is 17.6. The molecule has 4 aromatic rings. The number of piperazine rings is 1. The molecule has 0 spiro atoms. The van der Waals surface area contributed by atoms with E-state index in [4.69, 9.17) is 4.42 Å². The molecule has 5 rings (SSSR count). The molecule has 0 atom stereocenters. The van der Waals surface area contributed by atoms with Crippen LogP contribution in [-0.2, 0) is 6.54 Å². The predicted octanol–water partition coefficient (Wildman–Crippen LogP) is 4.61. The molecule has 36 heavy (non-hydrogen) atoms. The Morgan fingerprint density at radius 3 is 2.42 bits per heavy atom. The van der Waals surface area contributed by atoms with E-state index in [0.29, 0.717) is 29.0 Å². The summed E-state index contributed by atoms with van der Waals surface area (Å²) in [6.07, 6.45) is 3.28. The van der Waals surface area contributed by atoms with Gasteiger partial charge in [0.2, 0.25) is 5.89 Å². The van der Waals surface area contributed by atoms with Crippen LogP contribution >= 0.6 is 0 Å². The standard InChI is InChI=1S/C28H28FN5O2/c1-2-33-13-15-34(16-14-33)26-12-11-20(17-30-26)18-31-27(35)21-7-3-4-8-22(21)28-32-19-25(36-28)23-9-5-6-10-24(23)29/h3-12,17,19H,2,13-16,18H2,1H3,(H,31,35). The number of hydrogen-bond donors (Lipinski definition) is 1. The van der Waals surface area contributed by atoms with E-state index in [1.54, 1.807) is 36.4 Å². The number of pyridine rings is 1. The number of hydrogen-bond acceptors (Lipinski definition) is 6. The van der Waals surface area contributed by atoms with E-state index in [1.807, 2.05) is 24.4 Å². The Morgan fingerprint density at radius 2 is 1.69 bits per heavy atom. The minimum Gasteiger partial charge on any atom is -0.436 e. The molecule has 184 valence electrons. The van der Waals surface area contributed by atoms with Gasteiger partial charge in [0.15, 0.2) is 5.76 Å². The third-order valence-electron chi connectivity index (χ3n) is 6.45. The average Bonchev–Trinajstić information content (AvgIpc) is 3.42. The van der Waals surface area contributed by atoms with E-state index in [-0.39, 0.29) is 11.8 Å². The first-order valence-electron chi connectivity index (χ1n) is 12.1. The third-order valence-corrected chi connectivity index (χ3v) is 6.45. The maximum Gasteiger partial charge on any atom is 0.252 e. The summed E-state index contributed by atoms with van der Waals surface area (Å²) in [6, 6.07) is 17.4. The molecule has 0 unspecified atom stereocenters. The average molecular weight is 486 g/mol. The zero-order valence-electron chi connectivity index (χ0n) is 20.2. The van der Waals surface area contributed by atoms with Gasteiger partial charge in [0.25, 0.3) is 5.91 Å². The number of likely N-dealkylation sites (N-methyl/N-ethyl adjacent to an activating group) is 1. The van der Waals surface area contributed by atoms with Crippen molar-refractivity contribution in [1.82, 2.24) is 20.2 Å². The lowest BCUT2D eigenvalue weighted by atomic mass is 10.1. The predicted molar refractivity (Wildman–Crippen MR) is 137 cm³/mol. The Hall–Kier alpha value is -4.04. The number of anilines is 1. The topological polar surface area (TPSA) is 74.5 Å². The van der Waals surface area contributed by atoms with Crippen LogP contribution in [0.25, 0.3) is 22.8 Å². The lowest BCUT2D eigenvalue weighted by Crippen LogP contribution is -2.46. The maximum absolute atomic E-state index is 14.2. The molecule has 1 saturated heterocycles. The molecule has 1 aliphatic rings. The van der Waals surface area contributed by atoms with Crippen molar-refractivity contribution in [3.8, 4) is 22.8 Å². The largest absolute Gasteiger partial charge is 0.436 e. The molecule has 8 heteroatoms. The molecule has 2 aromatic heterocycles. The van der Waals surface area contributed by atoms with Gasteiger partial charge in [-0.15, -0.1) is 0 Å².